The van der Waals surface area contributed by atoms with Crippen LogP contribution in [0.2, 0.25) is 5.02 Å². The van der Waals surface area contributed by atoms with E-state index in [0.717, 1.165) is 30.0 Å². The Balaban J connectivity index is 1.59. The fraction of sp³-hybridized carbons (Fsp3) is 0.222. The van der Waals surface area contributed by atoms with E-state index in [-0.39, 0.29) is 0 Å². The lowest BCUT2D eigenvalue weighted by molar-refractivity contribution is 0.688. The van der Waals surface area contributed by atoms with Crippen LogP contribution in [0.3, 0.4) is 0 Å². The molecule has 2 N–H and O–H groups in total. The quantitative estimate of drug-likeness (QED) is 0.669. The zero-order chi connectivity index (χ0) is 14.7. The van der Waals surface area contributed by atoms with Gasteiger partial charge in [-0.1, -0.05) is 41.9 Å². The molecule has 0 bridgehead atoms. The van der Waals surface area contributed by atoms with Crippen molar-refractivity contribution in [2.24, 2.45) is 0 Å². The molecule has 0 spiro atoms. The molecule has 108 valence electrons. The summed E-state index contributed by atoms with van der Waals surface area (Å²) in [4.78, 5) is 3.27. The van der Waals surface area contributed by atoms with Crippen molar-refractivity contribution in [2.75, 3.05) is 6.54 Å². The lowest BCUT2D eigenvalue weighted by Crippen LogP contribution is -2.16. The summed E-state index contributed by atoms with van der Waals surface area (Å²) in [6, 6.07) is 14.5. The van der Waals surface area contributed by atoms with Gasteiger partial charge in [0.2, 0.25) is 0 Å². The Morgan fingerprint density at radius 3 is 2.81 bits per heavy atom. The topological polar surface area (TPSA) is 27.8 Å². The Labute approximate surface area is 130 Å². The summed E-state index contributed by atoms with van der Waals surface area (Å²) in [6.45, 7) is 4.01. The van der Waals surface area contributed by atoms with Crippen molar-refractivity contribution in [3.63, 3.8) is 0 Å². The van der Waals surface area contributed by atoms with E-state index in [2.05, 4.69) is 53.8 Å². The van der Waals surface area contributed by atoms with Crippen LogP contribution in [0.25, 0.3) is 10.9 Å². The van der Waals surface area contributed by atoms with Gasteiger partial charge in [0, 0.05) is 28.7 Å². The largest absolute Gasteiger partial charge is 0.361 e. The third kappa shape index (κ3) is 3.29. The molecule has 0 aliphatic heterocycles. The minimum Gasteiger partial charge on any atom is -0.361 e. The number of H-pyrrole nitrogens is 1. The molecule has 0 radical (unpaired) electrons. The van der Waals surface area contributed by atoms with Gasteiger partial charge in [0.15, 0.2) is 0 Å². The number of hydrogen-bond donors (Lipinski definition) is 2. The molecule has 3 rings (SSSR count). The summed E-state index contributed by atoms with van der Waals surface area (Å²) in [5.41, 5.74) is 5.15. The molecule has 3 aromatic rings. The normalized spacial score (nSPS) is 11.1. The van der Waals surface area contributed by atoms with Gasteiger partial charge in [-0.3, -0.25) is 0 Å². The van der Waals surface area contributed by atoms with Crippen LogP contribution in [0.5, 0.6) is 0 Å². The number of rotatable bonds is 5. The van der Waals surface area contributed by atoms with Gasteiger partial charge in [-0.05, 0) is 48.7 Å². The number of aryl methyl sites for hydroxylation is 1. The van der Waals surface area contributed by atoms with Crippen LogP contribution in [0, 0.1) is 6.92 Å². The molecule has 0 atom stereocenters. The number of fused-ring (bicyclic) bond motifs is 1. The number of hydrogen-bond acceptors (Lipinski definition) is 1. The highest BCUT2D eigenvalue weighted by molar-refractivity contribution is 6.31. The second kappa shape index (κ2) is 6.33. The van der Waals surface area contributed by atoms with E-state index >= 15 is 0 Å². The highest BCUT2D eigenvalue weighted by Crippen LogP contribution is 2.21. The second-order valence-corrected chi connectivity index (χ2v) is 5.79. The van der Waals surface area contributed by atoms with E-state index in [1.165, 1.54) is 22.1 Å². The molecule has 2 aromatic carbocycles. The van der Waals surface area contributed by atoms with E-state index in [0.29, 0.717) is 0 Å². The minimum absolute atomic E-state index is 0.767. The molecule has 0 aliphatic carbocycles. The number of benzene rings is 2. The van der Waals surface area contributed by atoms with Gasteiger partial charge in [-0.15, -0.1) is 0 Å². The maximum atomic E-state index is 6.00. The van der Waals surface area contributed by atoms with Crippen LogP contribution < -0.4 is 5.32 Å². The zero-order valence-electron chi connectivity index (χ0n) is 12.1. The van der Waals surface area contributed by atoms with E-state index in [1.54, 1.807) is 0 Å². The first kappa shape index (κ1) is 14.2. The van der Waals surface area contributed by atoms with Crippen molar-refractivity contribution in [2.45, 2.75) is 19.9 Å². The molecule has 0 unspecified atom stereocenters. The predicted molar refractivity (Wildman–Crippen MR) is 89.9 cm³/mol. The first-order valence-corrected chi connectivity index (χ1v) is 7.62. The Morgan fingerprint density at radius 2 is 1.95 bits per heavy atom. The van der Waals surface area contributed by atoms with Gasteiger partial charge in [0.05, 0.1) is 0 Å². The van der Waals surface area contributed by atoms with Crippen LogP contribution in [-0.4, -0.2) is 11.5 Å². The Morgan fingerprint density at radius 1 is 1.10 bits per heavy atom. The zero-order valence-corrected chi connectivity index (χ0v) is 12.9. The molecule has 0 fully saturated rings. The summed E-state index contributed by atoms with van der Waals surface area (Å²) in [7, 11) is 0. The summed E-state index contributed by atoms with van der Waals surface area (Å²) in [6.07, 6.45) is 3.11. The molecular formula is C18H19ClN2. The average molecular weight is 299 g/mol. The second-order valence-electron chi connectivity index (χ2n) is 5.36. The minimum atomic E-state index is 0.767. The Bertz CT molecular complexity index is 746. The van der Waals surface area contributed by atoms with Gasteiger partial charge in [0.1, 0.15) is 0 Å². The SMILES string of the molecule is Cc1ccccc1CCNCc1c[nH]c2cc(Cl)ccc12. The number of halogens is 1. The van der Waals surface area contributed by atoms with Crippen molar-refractivity contribution in [3.8, 4) is 0 Å². The van der Waals surface area contributed by atoms with Crippen LogP contribution in [0.4, 0.5) is 0 Å². The summed E-state index contributed by atoms with van der Waals surface area (Å²) < 4.78 is 0. The fourth-order valence-electron chi connectivity index (χ4n) is 2.64. The van der Waals surface area contributed by atoms with E-state index < -0.39 is 0 Å². The predicted octanol–water partition coefficient (Wildman–Crippen LogP) is 4.46. The van der Waals surface area contributed by atoms with Crippen molar-refractivity contribution < 1.29 is 0 Å². The van der Waals surface area contributed by atoms with Crippen LogP contribution >= 0.6 is 11.6 Å². The molecular weight excluding hydrogens is 280 g/mol. The highest BCUT2D eigenvalue weighted by atomic mass is 35.5. The van der Waals surface area contributed by atoms with Crippen molar-refractivity contribution in [1.29, 1.82) is 0 Å². The lowest BCUT2D eigenvalue weighted by atomic mass is 10.1. The van der Waals surface area contributed by atoms with Gasteiger partial charge < -0.3 is 10.3 Å². The Kier molecular flexibility index (Phi) is 4.28. The molecule has 2 nitrogen and oxygen atoms in total. The highest BCUT2D eigenvalue weighted by Gasteiger charge is 2.04. The maximum absolute atomic E-state index is 6.00. The molecule has 21 heavy (non-hydrogen) atoms. The van der Waals surface area contributed by atoms with Crippen molar-refractivity contribution >= 4 is 22.5 Å². The van der Waals surface area contributed by atoms with Gasteiger partial charge >= 0.3 is 0 Å². The third-order valence-corrected chi connectivity index (χ3v) is 4.11. The molecule has 0 aliphatic rings. The molecule has 0 saturated carbocycles. The van der Waals surface area contributed by atoms with E-state index in [1.807, 2.05) is 12.1 Å². The lowest BCUT2D eigenvalue weighted by Gasteiger charge is -2.07. The number of aromatic nitrogens is 1. The van der Waals surface area contributed by atoms with Gasteiger partial charge in [-0.2, -0.15) is 0 Å². The summed E-state index contributed by atoms with van der Waals surface area (Å²) in [5, 5.41) is 5.52. The summed E-state index contributed by atoms with van der Waals surface area (Å²) >= 11 is 6.00. The van der Waals surface area contributed by atoms with Crippen LogP contribution in [-0.2, 0) is 13.0 Å². The molecule has 1 heterocycles. The molecule has 0 saturated heterocycles. The fourth-order valence-corrected chi connectivity index (χ4v) is 2.81. The molecule has 3 heteroatoms. The van der Waals surface area contributed by atoms with Crippen LogP contribution in [0.1, 0.15) is 16.7 Å². The van der Waals surface area contributed by atoms with E-state index in [9.17, 15) is 0 Å². The first-order valence-electron chi connectivity index (χ1n) is 7.25. The Hall–Kier alpha value is -1.77. The number of aromatic amines is 1. The average Bonchev–Trinajstić information content (AvgIpc) is 2.87. The summed E-state index contributed by atoms with van der Waals surface area (Å²) in [5.74, 6) is 0. The van der Waals surface area contributed by atoms with Crippen molar-refractivity contribution in [1.82, 2.24) is 10.3 Å². The molecule has 0 amide bonds. The third-order valence-electron chi connectivity index (χ3n) is 3.88. The maximum Gasteiger partial charge on any atom is 0.0472 e. The van der Waals surface area contributed by atoms with Crippen LogP contribution in [0.15, 0.2) is 48.7 Å². The van der Waals surface area contributed by atoms with Gasteiger partial charge in [0.25, 0.3) is 0 Å². The molecule has 1 aromatic heterocycles. The smallest absolute Gasteiger partial charge is 0.0472 e. The monoisotopic (exact) mass is 298 g/mol. The van der Waals surface area contributed by atoms with Gasteiger partial charge in [-0.25, -0.2) is 0 Å². The van der Waals surface area contributed by atoms with Crippen molar-refractivity contribution in [3.05, 3.63) is 70.4 Å². The van der Waals surface area contributed by atoms with E-state index in [4.69, 9.17) is 11.6 Å². The standard InChI is InChI=1S/C18H19ClN2/c1-13-4-2-3-5-14(13)8-9-20-11-15-12-21-18-10-16(19)6-7-17(15)18/h2-7,10,12,20-21H,8-9,11H2,1H3. The first-order chi connectivity index (χ1) is 10.2. The number of nitrogens with one attached hydrogen (secondary N) is 2.